The maximum atomic E-state index is 4.82. The maximum Gasteiger partial charge on any atom is 0.0788 e. The van der Waals surface area contributed by atoms with Crippen LogP contribution in [-0.2, 0) is 0 Å². The summed E-state index contributed by atoms with van der Waals surface area (Å²) in [5.74, 6) is 0. The van der Waals surface area contributed by atoms with Crippen LogP contribution >= 0.6 is 0 Å². The van der Waals surface area contributed by atoms with Crippen LogP contribution in [0.25, 0.3) is 44.2 Å². The number of benzene rings is 3. The van der Waals surface area contributed by atoms with Crippen LogP contribution in [0.1, 0.15) is 0 Å². The van der Waals surface area contributed by atoms with Crippen molar-refractivity contribution >= 4 is 21.8 Å². The van der Waals surface area contributed by atoms with E-state index in [1.54, 1.807) is 0 Å². The lowest BCUT2D eigenvalue weighted by molar-refractivity contribution is 1.34. The van der Waals surface area contributed by atoms with E-state index in [0.717, 1.165) is 22.3 Å². The van der Waals surface area contributed by atoms with Gasteiger partial charge in [-0.2, -0.15) is 0 Å². The number of para-hydroxylation sites is 1. The van der Waals surface area contributed by atoms with E-state index >= 15 is 0 Å². The molecule has 0 bridgehead atoms. The number of aromatic amines is 1. The van der Waals surface area contributed by atoms with Crippen molar-refractivity contribution in [2.75, 3.05) is 0 Å². The zero-order valence-corrected chi connectivity index (χ0v) is 13.6. The highest BCUT2D eigenvalue weighted by atomic mass is 14.8. The Balaban J connectivity index is 1.97. The molecule has 5 rings (SSSR count). The monoisotopic (exact) mass is 320 g/mol. The Hall–Kier alpha value is -3.39. The van der Waals surface area contributed by atoms with Crippen molar-refractivity contribution in [3.63, 3.8) is 0 Å². The summed E-state index contributed by atoms with van der Waals surface area (Å²) in [5, 5.41) is 2.46. The van der Waals surface area contributed by atoms with Gasteiger partial charge in [0.15, 0.2) is 0 Å². The molecule has 0 saturated carbocycles. The molecule has 118 valence electrons. The second-order valence-electron chi connectivity index (χ2n) is 6.17. The first-order valence-electron chi connectivity index (χ1n) is 8.42. The van der Waals surface area contributed by atoms with Crippen LogP contribution in [0.4, 0.5) is 0 Å². The number of hydrogen-bond acceptors (Lipinski definition) is 1. The van der Waals surface area contributed by atoms with Crippen LogP contribution in [-0.4, -0.2) is 9.97 Å². The van der Waals surface area contributed by atoms with Gasteiger partial charge in [-0.15, -0.1) is 0 Å². The predicted octanol–water partition coefficient (Wildman–Crippen LogP) is 6.05. The minimum atomic E-state index is 1.02. The zero-order chi connectivity index (χ0) is 16.6. The first kappa shape index (κ1) is 14.0. The molecule has 0 saturated heterocycles. The largest absolute Gasteiger partial charge is 0.353 e. The number of fused-ring (bicyclic) bond motifs is 3. The van der Waals surface area contributed by atoms with Gasteiger partial charge in [-0.1, -0.05) is 78.9 Å². The number of nitrogens with zero attached hydrogens (tertiary/aromatic N) is 1. The fourth-order valence-electron chi connectivity index (χ4n) is 3.54. The molecule has 1 N–H and O–H groups in total. The number of nitrogens with one attached hydrogen (secondary N) is 1. The molecule has 0 radical (unpaired) electrons. The van der Waals surface area contributed by atoms with E-state index in [2.05, 4.69) is 83.8 Å². The number of rotatable bonds is 2. The highest BCUT2D eigenvalue weighted by molar-refractivity contribution is 6.16. The number of pyridine rings is 1. The fraction of sp³-hybridized carbons (Fsp3) is 0. The highest BCUT2D eigenvalue weighted by Gasteiger charge is 2.16. The number of aromatic nitrogens is 2. The normalized spacial score (nSPS) is 11.2. The number of hydrogen-bond donors (Lipinski definition) is 1. The van der Waals surface area contributed by atoms with E-state index in [0.29, 0.717) is 0 Å². The van der Waals surface area contributed by atoms with Gasteiger partial charge < -0.3 is 4.98 Å². The van der Waals surface area contributed by atoms with Gasteiger partial charge in [0.2, 0.25) is 0 Å². The molecule has 2 nitrogen and oxygen atoms in total. The summed E-state index contributed by atoms with van der Waals surface area (Å²) in [6.07, 6.45) is 1.95. The molecule has 0 spiro atoms. The van der Waals surface area contributed by atoms with E-state index < -0.39 is 0 Å². The maximum absolute atomic E-state index is 4.82. The minimum absolute atomic E-state index is 1.02. The van der Waals surface area contributed by atoms with E-state index in [1.165, 1.54) is 21.9 Å². The Morgan fingerprint density at radius 3 is 2.00 bits per heavy atom. The lowest BCUT2D eigenvalue weighted by atomic mass is 9.95. The standard InChI is InChI=1S/C23H16N2/c1-3-9-16(10-4-1)21-22-18-13-7-8-14-19(18)25-20(22)15-24-23(21)17-11-5-2-6-12-17/h1-15,25H. The van der Waals surface area contributed by atoms with Crippen LogP contribution in [0.2, 0.25) is 0 Å². The first-order chi connectivity index (χ1) is 12.4. The van der Waals surface area contributed by atoms with Gasteiger partial charge in [0, 0.05) is 27.4 Å². The molecule has 5 aromatic rings. The Morgan fingerprint density at radius 1 is 0.600 bits per heavy atom. The molecule has 3 aromatic carbocycles. The third-order valence-electron chi connectivity index (χ3n) is 4.65. The van der Waals surface area contributed by atoms with E-state index in [9.17, 15) is 0 Å². The van der Waals surface area contributed by atoms with E-state index in [-0.39, 0.29) is 0 Å². The summed E-state index contributed by atoms with van der Waals surface area (Å²) in [6, 6.07) is 29.4. The second-order valence-corrected chi connectivity index (χ2v) is 6.17. The number of H-pyrrole nitrogens is 1. The quantitative estimate of drug-likeness (QED) is 0.421. The Bertz CT molecular complexity index is 1170. The van der Waals surface area contributed by atoms with Crippen LogP contribution in [0.5, 0.6) is 0 Å². The molecular formula is C23H16N2. The van der Waals surface area contributed by atoms with Crippen LogP contribution in [0, 0.1) is 0 Å². The topological polar surface area (TPSA) is 28.7 Å². The van der Waals surface area contributed by atoms with Crippen LogP contribution in [0.15, 0.2) is 91.1 Å². The lowest BCUT2D eigenvalue weighted by Gasteiger charge is -2.11. The molecule has 0 amide bonds. The molecule has 2 heterocycles. The Morgan fingerprint density at radius 2 is 1.24 bits per heavy atom. The van der Waals surface area contributed by atoms with Crippen molar-refractivity contribution in [3.8, 4) is 22.4 Å². The van der Waals surface area contributed by atoms with Gasteiger partial charge in [-0.05, 0) is 11.6 Å². The van der Waals surface area contributed by atoms with Crippen molar-refractivity contribution in [2.45, 2.75) is 0 Å². The van der Waals surface area contributed by atoms with Gasteiger partial charge in [0.05, 0.1) is 17.4 Å². The van der Waals surface area contributed by atoms with Crippen molar-refractivity contribution in [1.29, 1.82) is 0 Å². The smallest absolute Gasteiger partial charge is 0.0788 e. The minimum Gasteiger partial charge on any atom is -0.353 e. The van der Waals surface area contributed by atoms with Crippen molar-refractivity contribution in [2.24, 2.45) is 0 Å². The molecule has 0 fully saturated rings. The molecular weight excluding hydrogens is 304 g/mol. The molecule has 0 aliphatic heterocycles. The summed E-state index contributed by atoms with van der Waals surface area (Å²) in [6.45, 7) is 0. The molecule has 0 aliphatic carbocycles. The van der Waals surface area contributed by atoms with E-state index in [4.69, 9.17) is 4.98 Å². The van der Waals surface area contributed by atoms with Gasteiger partial charge in [0.1, 0.15) is 0 Å². The van der Waals surface area contributed by atoms with E-state index in [1.807, 2.05) is 12.3 Å². The highest BCUT2D eigenvalue weighted by Crippen LogP contribution is 2.39. The molecule has 2 aromatic heterocycles. The third-order valence-corrected chi connectivity index (χ3v) is 4.65. The summed E-state index contributed by atoms with van der Waals surface area (Å²) in [4.78, 5) is 8.32. The van der Waals surface area contributed by atoms with Crippen molar-refractivity contribution in [3.05, 3.63) is 91.1 Å². The average Bonchev–Trinajstić information content (AvgIpc) is 3.07. The molecule has 0 aliphatic rings. The average molecular weight is 320 g/mol. The molecule has 0 atom stereocenters. The molecule has 25 heavy (non-hydrogen) atoms. The Labute approximate surface area is 145 Å². The lowest BCUT2D eigenvalue weighted by Crippen LogP contribution is -1.90. The molecule has 0 unspecified atom stereocenters. The summed E-state index contributed by atoms with van der Waals surface area (Å²) < 4.78 is 0. The van der Waals surface area contributed by atoms with Crippen LogP contribution < -0.4 is 0 Å². The van der Waals surface area contributed by atoms with Gasteiger partial charge in [-0.25, -0.2) is 0 Å². The third kappa shape index (κ3) is 2.23. The van der Waals surface area contributed by atoms with Crippen molar-refractivity contribution < 1.29 is 0 Å². The Kier molecular flexibility index (Phi) is 3.14. The summed E-state index contributed by atoms with van der Waals surface area (Å²) in [7, 11) is 0. The van der Waals surface area contributed by atoms with Gasteiger partial charge in [0.25, 0.3) is 0 Å². The summed E-state index contributed by atoms with van der Waals surface area (Å²) >= 11 is 0. The SMILES string of the molecule is c1ccc(-c2ncc3[nH]c4ccccc4c3c2-c2ccccc2)cc1. The van der Waals surface area contributed by atoms with Gasteiger partial charge >= 0.3 is 0 Å². The van der Waals surface area contributed by atoms with Crippen LogP contribution in [0.3, 0.4) is 0 Å². The second kappa shape index (κ2) is 5.60. The predicted molar refractivity (Wildman–Crippen MR) is 104 cm³/mol. The zero-order valence-electron chi connectivity index (χ0n) is 13.6. The fourth-order valence-corrected chi connectivity index (χ4v) is 3.54. The summed E-state index contributed by atoms with van der Waals surface area (Å²) in [5.41, 5.74) is 6.73. The first-order valence-corrected chi connectivity index (χ1v) is 8.42. The van der Waals surface area contributed by atoms with Gasteiger partial charge in [-0.3, -0.25) is 4.98 Å². The van der Waals surface area contributed by atoms with Crippen molar-refractivity contribution in [1.82, 2.24) is 9.97 Å². The molecule has 2 heteroatoms.